The molecule has 0 aliphatic rings. The van der Waals surface area contributed by atoms with E-state index >= 15 is 0 Å². The number of nitrogens with zero attached hydrogens (tertiary/aromatic N) is 2. The SMILES string of the molecule is CCOC(=O)CC(=O)N(C)C(CC(=O)OCC)c1ccccn1. The lowest BCUT2D eigenvalue weighted by molar-refractivity contribution is -0.149. The average molecular weight is 322 g/mol. The monoisotopic (exact) mass is 322 g/mol. The van der Waals surface area contributed by atoms with Crippen LogP contribution in [0.1, 0.15) is 38.4 Å². The highest BCUT2D eigenvalue weighted by Gasteiger charge is 2.27. The molecule has 126 valence electrons. The van der Waals surface area contributed by atoms with E-state index in [2.05, 4.69) is 4.98 Å². The van der Waals surface area contributed by atoms with Crippen LogP contribution in [0.3, 0.4) is 0 Å². The lowest BCUT2D eigenvalue weighted by Crippen LogP contribution is -2.35. The maximum atomic E-state index is 12.2. The second-order valence-electron chi connectivity index (χ2n) is 4.77. The van der Waals surface area contributed by atoms with Crippen molar-refractivity contribution in [3.05, 3.63) is 30.1 Å². The molecule has 0 aliphatic heterocycles. The third-order valence-electron chi connectivity index (χ3n) is 3.16. The number of amides is 1. The van der Waals surface area contributed by atoms with Crippen LogP contribution in [-0.4, -0.2) is 48.0 Å². The number of rotatable bonds is 8. The first-order valence-electron chi connectivity index (χ1n) is 7.47. The van der Waals surface area contributed by atoms with E-state index in [0.29, 0.717) is 5.69 Å². The van der Waals surface area contributed by atoms with Crippen molar-refractivity contribution in [2.45, 2.75) is 32.7 Å². The summed E-state index contributed by atoms with van der Waals surface area (Å²) in [5, 5.41) is 0. The van der Waals surface area contributed by atoms with Gasteiger partial charge in [-0.3, -0.25) is 19.4 Å². The number of hydrogen-bond acceptors (Lipinski definition) is 6. The van der Waals surface area contributed by atoms with E-state index < -0.39 is 23.9 Å². The minimum Gasteiger partial charge on any atom is -0.466 e. The summed E-state index contributed by atoms with van der Waals surface area (Å²) >= 11 is 0. The van der Waals surface area contributed by atoms with Gasteiger partial charge in [0, 0.05) is 13.2 Å². The highest BCUT2D eigenvalue weighted by atomic mass is 16.5. The molecule has 0 saturated carbocycles. The molecule has 0 radical (unpaired) electrons. The van der Waals surface area contributed by atoms with Gasteiger partial charge in [-0.15, -0.1) is 0 Å². The lowest BCUT2D eigenvalue weighted by atomic mass is 10.1. The van der Waals surface area contributed by atoms with Crippen LogP contribution < -0.4 is 0 Å². The van der Waals surface area contributed by atoms with Gasteiger partial charge in [-0.2, -0.15) is 0 Å². The normalized spacial score (nSPS) is 11.4. The summed E-state index contributed by atoms with van der Waals surface area (Å²) in [4.78, 5) is 41.0. The molecule has 0 aromatic carbocycles. The van der Waals surface area contributed by atoms with Crippen LogP contribution in [0, 0.1) is 0 Å². The Morgan fingerprint density at radius 3 is 2.35 bits per heavy atom. The zero-order chi connectivity index (χ0) is 17.2. The molecular formula is C16H22N2O5. The summed E-state index contributed by atoms with van der Waals surface area (Å²) < 4.78 is 9.72. The van der Waals surface area contributed by atoms with Crippen molar-refractivity contribution in [3.63, 3.8) is 0 Å². The molecular weight excluding hydrogens is 300 g/mol. The molecule has 1 aromatic rings. The summed E-state index contributed by atoms with van der Waals surface area (Å²) in [6, 6.07) is 4.63. The van der Waals surface area contributed by atoms with Gasteiger partial charge in [0.15, 0.2) is 0 Å². The van der Waals surface area contributed by atoms with Crippen LogP contribution in [0.25, 0.3) is 0 Å². The number of esters is 2. The Morgan fingerprint density at radius 1 is 1.13 bits per heavy atom. The molecule has 23 heavy (non-hydrogen) atoms. The first kappa shape index (κ1) is 18.6. The van der Waals surface area contributed by atoms with Crippen LogP contribution in [-0.2, 0) is 23.9 Å². The van der Waals surface area contributed by atoms with E-state index in [0.717, 1.165) is 0 Å². The topological polar surface area (TPSA) is 85.8 Å². The zero-order valence-electron chi connectivity index (χ0n) is 13.7. The van der Waals surface area contributed by atoms with Crippen molar-refractivity contribution in [2.75, 3.05) is 20.3 Å². The molecule has 7 heteroatoms. The van der Waals surface area contributed by atoms with Crippen molar-refractivity contribution in [3.8, 4) is 0 Å². The second-order valence-corrected chi connectivity index (χ2v) is 4.77. The number of pyridine rings is 1. The van der Waals surface area contributed by atoms with Gasteiger partial charge < -0.3 is 14.4 Å². The summed E-state index contributed by atoms with van der Waals surface area (Å²) in [7, 11) is 1.53. The third kappa shape index (κ3) is 6.06. The van der Waals surface area contributed by atoms with Crippen molar-refractivity contribution in [1.82, 2.24) is 9.88 Å². The molecule has 1 aromatic heterocycles. The van der Waals surface area contributed by atoms with Crippen molar-refractivity contribution < 1.29 is 23.9 Å². The summed E-state index contributed by atoms with van der Waals surface area (Å²) in [6.45, 7) is 3.85. The van der Waals surface area contributed by atoms with Crippen LogP contribution >= 0.6 is 0 Å². The first-order chi connectivity index (χ1) is 11.0. The Hall–Kier alpha value is -2.44. The standard InChI is InChI=1S/C16H22N2O5/c1-4-22-15(20)10-13(12-8-6-7-9-17-12)18(3)14(19)11-16(21)23-5-2/h6-9,13H,4-5,10-11H2,1-3H3. The highest BCUT2D eigenvalue weighted by Crippen LogP contribution is 2.22. The van der Waals surface area contributed by atoms with Crippen LogP contribution in [0.5, 0.6) is 0 Å². The minimum absolute atomic E-state index is 0.0318. The smallest absolute Gasteiger partial charge is 0.315 e. The van der Waals surface area contributed by atoms with E-state index in [9.17, 15) is 14.4 Å². The fraction of sp³-hybridized carbons (Fsp3) is 0.500. The molecule has 0 aliphatic carbocycles. The van der Waals surface area contributed by atoms with E-state index in [-0.39, 0.29) is 26.1 Å². The molecule has 0 spiro atoms. The fourth-order valence-electron chi connectivity index (χ4n) is 2.02. The Balaban J connectivity index is 2.88. The Kier molecular flexibility index (Phi) is 7.73. The second kappa shape index (κ2) is 9.55. The Bertz CT molecular complexity index is 533. The number of ether oxygens (including phenoxy) is 2. The van der Waals surface area contributed by atoms with Gasteiger partial charge in [0.2, 0.25) is 5.91 Å². The van der Waals surface area contributed by atoms with Crippen LogP contribution in [0.4, 0.5) is 0 Å². The van der Waals surface area contributed by atoms with E-state index in [4.69, 9.17) is 9.47 Å². The fourth-order valence-corrected chi connectivity index (χ4v) is 2.02. The molecule has 1 heterocycles. The summed E-state index contributed by atoms with van der Waals surface area (Å²) in [5.41, 5.74) is 0.556. The molecule has 1 rings (SSSR count). The predicted octanol–water partition coefficient (Wildman–Crippen LogP) is 1.49. The van der Waals surface area contributed by atoms with E-state index in [1.165, 1.54) is 11.9 Å². The van der Waals surface area contributed by atoms with Crippen LogP contribution in [0.15, 0.2) is 24.4 Å². The van der Waals surface area contributed by atoms with Crippen molar-refractivity contribution in [1.29, 1.82) is 0 Å². The zero-order valence-corrected chi connectivity index (χ0v) is 13.7. The maximum absolute atomic E-state index is 12.2. The average Bonchev–Trinajstić information content (AvgIpc) is 2.53. The highest BCUT2D eigenvalue weighted by molar-refractivity contribution is 5.94. The van der Waals surface area contributed by atoms with Crippen LogP contribution in [0.2, 0.25) is 0 Å². The van der Waals surface area contributed by atoms with Gasteiger partial charge in [-0.25, -0.2) is 0 Å². The molecule has 0 N–H and O–H groups in total. The molecule has 0 bridgehead atoms. The number of hydrogen-bond donors (Lipinski definition) is 0. The largest absolute Gasteiger partial charge is 0.466 e. The lowest BCUT2D eigenvalue weighted by Gasteiger charge is -2.27. The number of aromatic nitrogens is 1. The quantitative estimate of drug-likeness (QED) is 0.532. The molecule has 0 saturated heterocycles. The predicted molar refractivity (Wildman–Crippen MR) is 82.2 cm³/mol. The van der Waals surface area contributed by atoms with Gasteiger partial charge in [0.1, 0.15) is 6.42 Å². The number of carbonyl (C=O) groups is 3. The molecule has 1 atom stereocenters. The molecule has 1 amide bonds. The Labute approximate surface area is 135 Å². The first-order valence-corrected chi connectivity index (χ1v) is 7.47. The van der Waals surface area contributed by atoms with E-state index in [1.807, 2.05) is 0 Å². The van der Waals surface area contributed by atoms with Gasteiger partial charge in [-0.05, 0) is 26.0 Å². The molecule has 0 fully saturated rings. The van der Waals surface area contributed by atoms with E-state index in [1.54, 1.807) is 38.2 Å². The van der Waals surface area contributed by atoms with Crippen molar-refractivity contribution in [2.24, 2.45) is 0 Å². The molecule has 1 unspecified atom stereocenters. The minimum atomic E-state index is -0.600. The summed E-state index contributed by atoms with van der Waals surface area (Å²) in [5.74, 6) is -1.47. The van der Waals surface area contributed by atoms with Gasteiger partial charge in [-0.1, -0.05) is 6.07 Å². The Morgan fingerprint density at radius 2 is 1.78 bits per heavy atom. The number of carbonyl (C=O) groups excluding carboxylic acids is 3. The molecule has 7 nitrogen and oxygen atoms in total. The maximum Gasteiger partial charge on any atom is 0.315 e. The third-order valence-corrected chi connectivity index (χ3v) is 3.16. The van der Waals surface area contributed by atoms with Crippen molar-refractivity contribution >= 4 is 17.8 Å². The van der Waals surface area contributed by atoms with Gasteiger partial charge >= 0.3 is 11.9 Å². The van der Waals surface area contributed by atoms with Gasteiger partial charge in [0.25, 0.3) is 0 Å². The van der Waals surface area contributed by atoms with Gasteiger partial charge in [0.05, 0.1) is 31.4 Å². The summed E-state index contributed by atoms with van der Waals surface area (Å²) in [6.07, 6.45) is 1.17.